The van der Waals surface area contributed by atoms with Gasteiger partial charge in [-0.2, -0.15) is 15.0 Å². The molecule has 2 aliphatic rings. The number of carbonyl (C=O) groups excluding carboxylic acids is 1. The summed E-state index contributed by atoms with van der Waals surface area (Å²) >= 11 is 0. The molecule has 0 saturated carbocycles. The van der Waals surface area contributed by atoms with Gasteiger partial charge in [-0.05, 0) is 52.5 Å². The number of aromatic nitrogens is 4. The van der Waals surface area contributed by atoms with Crippen molar-refractivity contribution < 1.29 is 9.32 Å². The first kappa shape index (κ1) is 22.5. The van der Waals surface area contributed by atoms with Gasteiger partial charge in [0.25, 0.3) is 0 Å². The second-order valence-electron chi connectivity index (χ2n) is 10.00. The lowest BCUT2D eigenvalue weighted by Gasteiger charge is -2.39. The highest BCUT2D eigenvalue weighted by Gasteiger charge is 2.42. The summed E-state index contributed by atoms with van der Waals surface area (Å²) < 4.78 is 7.63. The largest absolute Gasteiger partial charge is 0.339 e. The van der Waals surface area contributed by atoms with Crippen LogP contribution in [-0.2, 0) is 0 Å². The van der Waals surface area contributed by atoms with Crippen molar-refractivity contribution in [1.82, 2.24) is 29.7 Å². The summed E-state index contributed by atoms with van der Waals surface area (Å²) in [5.41, 5.74) is 1.47. The molecule has 34 heavy (non-hydrogen) atoms. The normalized spacial score (nSPS) is 21.6. The molecule has 10 nitrogen and oxygen atoms in total. The van der Waals surface area contributed by atoms with Gasteiger partial charge in [0.2, 0.25) is 11.7 Å². The van der Waals surface area contributed by atoms with Gasteiger partial charge in [-0.1, -0.05) is 22.5 Å². The zero-order valence-corrected chi connectivity index (χ0v) is 20.0. The number of amides is 2. The summed E-state index contributed by atoms with van der Waals surface area (Å²) in [6.07, 6.45) is 5.13. The summed E-state index contributed by atoms with van der Waals surface area (Å²) in [6, 6.07) is 6.34. The number of nitroso groups, excluding NO2 is 1. The van der Waals surface area contributed by atoms with Crippen molar-refractivity contribution in [2.24, 2.45) is 5.18 Å². The first-order chi connectivity index (χ1) is 16.4. The third-order valence-electron chi connectivity index (χ3n) is 7.29. The van der Waals surface area contributed by atoms with Gasteiger partial charge in [0.1, 0.15) is 6.54 Å². The Balaban J connectivity index is 1.26. The van der Waals surface area contributed by atoms with E-state index < -0.39 is 5.54 Å². The summed E-state index contributed by atoms with van der Waals surface area (Å²) in [5.74, 6) is 1.31. The van der Waals surface area contributed by atoms with Crippen molar-refractivity contribution in [1.29, 1.82) is 0 Å². The fourth-order valence-electron chi connectivity index (χ4n) is 5.25. The first-order valence-corrected chi connectivity index (χ1v) is 12.1. The minimum absolute atomic E-state index is 0.00313. The lowest BCUT2D eigenvalue weighted by molar-refractivity contribution is 0.109. The standard InChI is InChI=1S/C24H31N7O3/c1-16(2)31-20-13-18(5-6-19(20)14-25-31)21-27-22(34-28-21)17-7-11-29(12-8-17)23(32)30-10-4-9-24(30,3)15-26-33/h5-6,13-14,16-17H,4,7-12,15H2,1-3H3. The van der Waals surface area contributed by atoms with Gasteiger partial charge < -0.3 is 14.3 Å². The van der Waals surface area contributed by atoms with Gasteiger partial charge in [-0.15, -0.1) is 0 Å². The Kier molecular flexibility index (Phi) is 5.83. The first-order valence-electron chi connectivity index (χ1n) is 12.1. The molecule has 3 aromatic rings. The molecule has 5 rings (SSSR count). The molecule has 1 unspecified atom stereocenters. The number of urea groups is 1. The quantitative estimate of drug-likeness (QED) is 0.510. The molecule has 2 saturated heterocycles. The van der Waals surface area contributed by atoms with Crippen LogP contribution in [0.15, 0.2) is 34.1 Å². The minimum atomic E-state index is -0.469. The van der Waals surface area contributed by atoms with Crippen molar-refractivity contribution in [3.05, 3.63) is 35.2 Å². The number of piperidine rings is 1. The van der Waals surface area contributed by atoms with Gasteiger partial charge in [-0.25, -0.2) is 4.79 Å². The van der Waals surface area contributed by atoms with Crippen molar-refractivity contribution in [2.75, 3.05) is 26.2 Å². The predicted octanol–water partition coefficient (Wildman–Crippen LogP) is 4.59. The molecule has 2 amide bonds. The Morgan fingerprint density at radius 2 is 2.06 bits per heavy atom. The zero-order chi connectivity index (χ0) is 23.9. The lowest BCUT2D eigenvalue weighted by Crippen LogP contribution is -2.54. The molecular formula is C24H31N7O3. The smallest absolute Gasteiger partial charge is 0.320 e. The van der Waals surface area contributed by atoms with E-state index in [1.807, 2.05) is 39.7 Å². The molecule has 10 heteroatoms. The van der Waals surface area contributed by atoms with Crippen LogP contribution in [-0.4, -0.2) is 67.5 Å². The zero-order valence-electron chi connectivity index (χ0n) is 20.0. The topological polar surface area (TPSA) is 110 Å². The average Bonchev–Trinajstić information content (AvgIpc) is 3.57. The van der Waals surface area contributed by atoms with Crippen LogP contribution in [0, 0.1) is 4.91 Å². The Morgan fingerprint density at radius 3 is 2.79 bits per heavy atom. The second-order valence-corrected chi connectivity index (χ2v) is 10.00. The molecule has 0 N–H and O–H groups in total. The van der Waals surface area contributed by atoms with Gasteiger partial charge in [-0.3, -0.25) is 4.68 Å². The van der Waals surface area contributed by atoms with E-state index >= 15 is 0 Å². The van der Waals surface area contributed by atoms with Crippen LogP contribution in [0.1, 0.15) is 64.3 Å². The van der Waals surface area contributed by atoms with Crippen LogP contribution in [0.5, 0.6) is 0 Å². The average molecular weight is 466 g/mol. The van der Waals surface area contributed by atoms with E-state index in [9.17, 15) is 9.70 Å². The summed E-state index contributed by atoms with van der Waals surface area (Å²) in [4.78, 5) is 32.4. The molecule has 180 valence electrons. The van der Waals surface area contributed by atoms with E-state index in [-0.39, 0.29) is 24.5 Å². The van der Waals surface area contributed by atoms with Crippen LogP contribution in [0.3, 0.4) is 0 Å². The third kappa shape index (κ3) is 3.95. The highest BCUT2D eigenvalue weighted by molar-refractivity contribution is 5.83. The molecule has 0 aliphatic carbocycles. The summed E-state index contributed by atoms with van der Waals surface area (Å²) in [5, 5.41) is 12.9. The molecule has 4 heterocycles. The number of carbonyl (C=O) groups is 1. The Morgan fingerprint density at radius 1 is 1.26 bits per heavy atom. The molecule has 1 aromatic carbocycles. The molecule has 2 aliphatic heterocycles. The summed E-state index contributed by atoms with van der Waals surface area (Å²) in [7, 11) is 0. The number of fused-ring (bicyclic) bond motifs is 1. The van der Waals surface area contributed by atoms with E-state index in [1.54, 1.807) is 0 Å². The molecule has 0 radical (unpaired) electrons. The number of benzene rings is 1. The Hall–Kier alpha value is -3.30. The van der Waals surface area contributed by atoms with E-state index in [4.69, 9.17) is 9.51 Å². The summed E-state index contributed by atoms with van der Waals surface area (Å²) in [6.45, 7) is 8.24. The number of hydrogen-bond donors (Lipinski definition) is 0. The van der Waals surface area contributed by atoms with Gasteiger partial charge in [0.15, 0.2) is 0 Å². The molecular weight excluding hydrogens is 434 g/mol. The number of hydrogen-bond acceptors (Lipinski definition) is 7. The monoisotopic (exact) mass is 465 g/mol. The van der Waals surface area contributed by atoms with E-state index in [0.29, 0.717) is 31.3 Å². The third-order valence-corrected chi connectivity index (χ3v) is 7.29. The van der Waals surface area contributed by atoms with E-state index in [2.05, 4.69) is 35.3 Å². The highest BCUT2D eigenvalue weighted by atomic mass is 16.5. The number of likely N-dealkylation sites (tertiary alicyclic amines) is 2. The molecule has 2 fully saturated rings. The van der Waals surface area contributed by atoms with Crippen molar-refractivity contribution in [3.63, 3.8) is 0 Å². The SMILES string of the molecule is CC(C)n1ncc2ccc(-c3noc(C4CCN(C(=O)N5CCCC5(C)CN=O)CC4)n3)cc21. The van der Waals surface area contributed by atoms with Gasteiger partial charge in [0, 0.05) is 42.5 Å². The van der Waals surface area contributed by atoms with Crippen molar-refractivity contribution in [2.45, 2.75) is 64.0 Å². The van der Waals surface area contributed by atoms with Crippen LogP contribution < -0.4 is 0 Å². The van der Waals surface area contributed by atoms with Crippen LogP contribution in [0.2, 0.25) is 0 Å². The molecule has 0 bridgehead atoms. The van der Waals surface area contributed by atoms with E-state index in [0.717, 1.165) is 42.1 Å². The molecule has 2 aromatic heterocycles. The van der Waals surface area contributed by atoms with Crippen LogP contribution in [0.4, 0.5) is 4.79 Å². The van der Waals surface area contributed by atoms with Gasteiger partial charge in [0.05, 0.1) is 17.3 Å². The van der Waals surface area contributed by atoms with Crippen LogP contribution >= 0.6 is 0 Å². The highest BCUT2D eigenvalue weighted by Crippen LogP contribution is 2.34. The lowest BCUT2D eigenvalue weighted by atomic mass is 9.96. The molecule has 1 atom stereocenters. The van der Waals surface area contributed by atoms with Crippen molar-refractivity contribution in [3.8, 4) is 11.4 Å². The Labute approximate surface area is 198 Å². The second kappa shape index (κ2) is 8.81. The van der Waals surface area contributed by atoms with Crippen LogP contribution in [0.25, 0.3) is 22.3 Å². The fourth-order valence-corrected chi connectivity index (χ4v) is 5.25. The maximum Gasteiger partial charge on any atom is 0.320 e. The minimum Gasteiger partial charge on any atom is -0.339 e. The predicted molar refractivity (Wildman–Crippen MR) is 127 cm³/mol. The maximum absolute atomic E-state index is 13.1. The Bertz CT molecular complexity index is 1190. The molecule has 0 spiro atoms. The number of rotatable bonds is 5. The van der Waals surface area contributed by atoms with Gasteiger partial charge >= 0.3 is 6.03 Å². The fraction of sp³-hybridized carbons (Fsp3) is 0.583. The maximum atomic E-state index is 13.1. The number of nitrogens with zero attached hydrogens (tertiary/aromatic N) is 7. The van der Waals surface area contributed by atoms with Crippen molar-refractivity contribution >= 4 is 16.9 Å². The van der Waals surface area contributed by atoms with E-state index in [1.165, 1.54) is 0 Å².